The molecular weight excluding hydrogens is 166 g/mol. The van der Waals surface area contributed by atoms with Crippen molar-refractivity contribution >= 4 is 6.03 Å². The Morgan fingerprint density at radius 3 is 2.69 bits per heavy atom. The maximum atomic E-state index is 11.6. The van der Waals surface area contributed by atoms with E-state index in [1.54, 1.807) is 0 Å². The zero-order chi connectivity index (χ0) is 9.68. The van der Waals surface area contributed by atoms with Gasteiger partial charge in [0.05, 0.1) is 0 Å². The van der Waals surface area contributed by atoms with E-state index in [0.29, 0.717) is 0 Å². The number of amides is 2. The van der Waals surface area contributed by atoms with Gasteiger partial charge >= 0.3 is 6.03 Å². The Kier molecular flexibility index (Phi) is 4.02. The number of nitrogens with zero attached hydrogens (tertiary/aromatic N) is 1. The number of carbonyl (C=O) groups excluding carboxylic acids is 1. The third-order valence-electron chi connectivity index (χ3n) is 2.39. The fourth-order valence-electron chi connectivity index (χ4n) is 1.27. The maximum absolute atomic E-state index is 11.6. The lowest BCUT2D eigenvalue weighted by atomic mass is 10.3. The SMILES string of the molecule is CC[C@H](C)NC(=O)N1CCNCC1. The molecular formula is C9H19N3O. The minimum absolute atomic E-state index is 0.0795. The highest BCUT2D eigenvalue weighted by Crippen LogP contribution is 1.95. The quantitative estimate of drug-likeness (QED) is 0.654. The molecule has 0 unspecified atom stereocenters. The maximum Gasteiger partial charge on any atom is 0.317 e. The second-order valence-electron chi connectivity index (χ2n) is 3.50. The molecule has 76 valence electrons. The molecule has 1 fully saturated rings. The van der Waals surface area contributed by atoms with Crippen LogP contribution in [0.4, 0.5) is 4.79 Å². The summed E-state index contributed by atoms with van der Waals surface area (Å²) in [6, 6.07) is 0.359. The standard InChI is InChI=1S/C9H19N3O/c1-3-8(2)11-9(13)12-6-4-10-5-7-12/h8,10H,3-7H2,1-2H3,(H,11,13)/t8-/m0/s1. The van der Waals surface area contributed by atoms with Crippen molar-refractivity contribution in [3.8, 4) is 0 Å². The molecule has 0 aromatic carbocycles. The minimum atomic E-state index is 0.0795. The predicted molar refractivity (Wildman–Crippen MR) is 52.7 cm³/mol. The highest BCUT2D eigenvalue weighted by atomic mass is 16.2. The Hall–Kier alpha value is -0.770. The van der Waals surface area contributed by atoms with Crippen LogP contribution in [0.3, 0.4) is 0 Å². The van der Waals surface area contributed by atoms with Crippen LogP contribution in [0.15, 0.2) is 0 Å². The molecule has 1 aliphatic rings. The molecule has 4 heteroatoms. The third kappa shape index (κ3) is 3.22. The molecule has 1 saturated heterocycles. The zero-order valence-electron chi connectivity index (χ0n) is 8.47. The van der Waals surface area contributed by atoms with E-state index >= 15 is 0 Å². The first-order chi connectivity index (χ1) is 6.24. The highest BCUT2D eigenvalue weighted by molar-refractivity contribution is 5.74. The Balaban J connectivity index is 2.29. The van der Waals surface area contributed by atoms with Crippen LogP contribution < -0.4 is 10.6 Å². The first kappa shape index (κ1) is 10.3. The van der Waals surface area contributed by atoms with Crippen LogP contribution in [0.1, 0.15) is 20.3 Å². The molecule has 1 rings (SSSR count). The Labute approximate surface area is 79.7 Å². The van der Waals surface area contributed by atoms with E-state index in [0.717, 1.165) is 32.6 Å². The molecule has 0 aromatic rings. The zero-order valence-corrected chi connectivity index (χ0v) is 8.47. The Morgan fingerprint density at radius 2 is 2.15 bits per heavy atom. The summed E-state index contributed by atoms with van der Waals surface area (Å²) in [5.74, 6) is 0. The number of urea groups is 1. The van der Waals surface area contributed by atoms with Crippen molar-refractivity contribution in [1.29, 1.82) is 0 Å². The average molecular weight is 185 g/mol. The number of hydrogen-bond acceptors (Lipinski definition) is 2. The van der Waals surface area contributed by atoms with Crippen molar-refractivity contribution in [2.75, 3.05) is 26.2 Å². The normalized spacial score (nSPS) is 19.7. The van der Waals surface area contributed by atoms with Crippen molar-refractivity contribution in [2.24, 2.45) is 0 Å². The summed E-state index contributed by atoms with van der Waals surface area (Å²) in [5, 5.41) is 6.17. The number of piperazine rings is 1. The van der Waals surface area contributed by atoms with Gasteiger partial charge in [0.25, 0.3) is 0 Å². The van der Waals surface area contributed by atoms with Crippen molar-refractivity contribution in [2.45, 2.75) is 26.3 Å². The van der Waals surface area contributed by atoms with Crippen LogP contribution in [0.5, 0.6) is 0 Å². The van der Waals surface area contributed by atoms with Crippen LogP contribution in [-0.4, -0.2) is 43.2 Å². The smallest absolute Gasteiger partial charge is 0.317 e. The van der Waals surface area contributed by atoms with Crippen LogP contribution >= 0.6 is 0 Å². The third-order valence-corrected chi connectivity index (χ3v) is 2.39. The molecule has 0 aromatic heterocycles. The van der Waals surface area contributed by atoms with Crippen LogP contribution in [0.2, 0.25) is 0 Å². The van der Waals surface area contributed by atoms with Gasteiger partial charge in [-0.3, -0.25) is 0 Å². The molecule has 0 bridgehead atoms. The summed E-state index contributed by atoms with van der Waals surface area (Å²) in [4.78, 5) is 13.4. The van der Waals surface area contributed by atoms with E-state index in [-0.39, 0.29) is 12.1 Å². The van der Waals surface area contributed by atoms with E-state index in [2.05, 4.69) is 17.6 Å². The first-order valence-corrected chi connectivity index (χ1v) is 5.00. The van der Waals surface area contributed by atoms with E-state index in [1.807, 2.05) is 11.8 Å². The minimum Gasteiger partial charge on any atom is -0.336 e. The van der Waals surface area contributed by atoms with Gasteiger partial charge < -0.3 is 15.5 Å². The average Bonchev–Trinajstić information content (AvgIpc) is 2.19. The lowest BCUT2D eigenvalue weighted by molar-refractivity contribution is 0.186. The largest absolute Gasteiger partial charge is 0.336 e. The lowest BCUT2D eigenvalue weighted by Gasteiger charge is -2.28. The molecule has 1 atom stereocenters. The molecule has 2 amide bonds. The van der Waals surface area contributed by atoms with E-state index in [9.17, 15) is 4.79 Å². The second-order valence-corrected chi connectivity index (χ2v) is 3.50. The van der Waals surface area contributed by atoms with E-state index in [1.165, 1.54) is 0 Å². The monoisotopic (exact) mass is 185 g/mol. The summed E-state index contributed by atoms with van der Waals surface area (Å²) in [5.41, 5.74) is 0. The summed E-state index contributed by atoms with van der Waals surface area (Å²) in [7, 11) is 0. The van der Waals surface area contributed by atoms with Gasteiger partial charge in [-0.25, -0.2) is 4.79 Å². The van der Waals surface area contributed by atoms with Crippen molar-refractivity contribution < 1.29 is 4.79 Å². The number of carbonyl (C=O) groups is 1. The number of hydrogen-bond donors (Lipinski definition) is 2. The summed E-state index contributed by atoms with van der Waals surface area (Å²) >= 11 is 0. The number of rotatable bonds is 2. The van der Waals surface area contributed by atoms with Gasteiger partial charge in [-0.1, -0.05) is 6.92 Å². The molecule has 0 saturated carbocycles. The highest BCUT2D eigenvalue weighted by Gasteiger charge is 2.16. The molecule has 1 heterocycles. The fraction of sp³-hybridized carbons (Fsp3) is 0.889. The molecule has 4 nitrogen and oxygen atoms in total. The molecule has 2 N–H and O–H groups in total. The second kappa shape index (κ2) is 5.07. The van der Waals surface area contributed by atoms with Gasteiger partial charge in [-0.15, -0.1) is 0 Å². The molecule has 0 radical (unpaired) electrons. The summed E-state index contributed by atoms with van der Waals surface area (Å²) < 4.78 is 0. The van der Waals surface area contributed by atoms with Crippen LogP contribution in [-0.2, 0) is 0 Å². The van der Waals surface area contributed by atoms with Crippen molar-refractivity contribution in [3.63, 3.8) is 0 Å². The van der Waals surface area contributed by atoms with Gasteiger partial charge in [-0.05, 0) is 13.3 Å². The number of nitrogens with one attached hydrogen (secondary N) is 2. The van der Waals surface area contributed by atoms with Crippen molar-refractivity contribution in [1.82, 2.24) is 15.5 Å². The molecule has 13 heavy (non-hydrogen) atoms. The van der Waals surface area contributed by atoms with E-state index in [4.69, 9.17) is 0 Å². The topological polar surface area (TPSA) is 44.4 Å². The van der Waals surface area contributed by atoms with E-state index < -0.39 is 0 Å². The molecule has 1 aliphatic heterocycles. The lowest BCUT2D eigenvalue weighted by Crippen LogP contribution is -2.51. The summed E-state index contributed by atoms with van der Waals surface area (Å²) in [6.45, 7) is 7.56. The van der Waals surface area contributed by atoms with Gasteiger partial charge in [0.15, 0.2) is 0 Å². The Bertz CT molecular complexity index is 166. The first-order valence-electron chi connectivity index (χ1n) is 5.00. The van der Waals surface area contributed by atoms with Crippen LogP contribution in [0.25, 0.3) is 0 Å². The van der Waals surface area contributed by atoms with Gasteiger partial charge in [0.1, 0.15) is 0 Å². The fourth-order valence-corrected chi connectivity index (χ4v) is 1.27. The van der Waals surface area contributed by atoms with Gasteiger partial charge in [-0.2, -0.15) is 0 Å². The van der Waals surface area contributed by atoms with Gasteiger partial charge in [0.2, 0.25) is 0 Å². The van der Waals surface area contributed by atoms with Crippen LogP contribution in [0, 0.1) is 0 Å². The Morgan fingerprint density at radius 1 is 1.54 bits per heavy atom. The predicted octanol–water partition coefficient (Wildman–Crippen LogP) is 0.400. The molecule has 0 spiro atoms. The summed E-state index contributed by atoms with van der Waals surface area (Å²) in [6.07, 6.45) is 0.984. The van der Waals surface area contributed by atoms with Gasteiger partial charge in [0, 0.05) is 32.2 Å². The molecule has 0 aliphatic carbocycles. The van der Waals surface area contributed by atoms with Crippen molar-refractivity contribution in [3.05, 3.63) is 0 Å².